The molecule has 1 aliphatic rings. The monoisotopic (exact) mass is 483 g/mol. The number of esters is 1. The molecule has 0 aromatic heterocycles. The van der Waals surface area contributed by atoms with Gasteiger partial charge in [0, 0.05) is 18.9 Å². The SMILES string of the molecule is O=C1O[C@H](c2ccccc2)C/C=C/CC/C=C/C(=NOCc2ccccc2)Cc2cc(O)cc(O)c21. The van der Waals surface area contributed by atoms with Crippen molar-refractivity contribution < 1.29 is 24.6 Å². The molecule has 0 saturated carbocycles. The van der Waals surface area contributed by atoms with Gasteiger partial charge in [0.05, 0.1) is 5.71 Å². The Balaban J connectivity index is 1.66. The molecule has 4 rings (SSSR count). The van der Waals surface area contributed by atoms with Crippen molar-refractivity contribution in [1.82, 2.24) is 0 Å². The molecule has 6 heteroatoms. The van der Waals surface area contributed by atoms with Crippen LogP contribution in [-0.2, 0) is 22.6 Å². The molecule has 0 fully saturated rings. The number of hydrogen-bond donors (Lipinski definition) is 2. The number of fused-ring (bicyclic) bond motifs is 1. The van der Waals surface area contributed by atoms with Crippen LogP contribution in [0, 0.1) is 0 Å². The molecule has 1 atom stereocenters. The number of phenolic OH excluding ortho intramolecular Hbond substituents is 2. The van der Waals surface area contributed by atoms with Crippen molar-refractivity contribution in [1.29, 1.82) is 0 Å². The van der Waals surface area contributed by atoms with Gasteiger partial charge in [-0.25, -0.2) is 4.79 Å². The summed E-state index contributed by atoms with van der Waals surface area (Å²) in [5.74, 6) is -1.18. The normalized spacial score (nSPS) is 19.5. The van der Waals surface area contributed by atoms with Crippen molar-refractivity contribution in [3.05, 3.63) is 119 Å². The van der Waals surface area contributed by atoms with Gasteiger partial charge in [-0.2, -0.15) is 0 Å². The summed E-state index contributed by atoms with van der Waals surface area (Å²) in [7, 11) is 0. The summed E-state index contributed by atoms with van der Waals surface area (Å²) in [4.78, 5) is 18.9. The molecule has 2 N–H and O–H groups in total. The zero-order valence-electron chi connectivity index (χ0n) is 19.9. The number of rotatable bonds is 4. The van der Waals surface area contributed by atoms with E-state index in [-0.39, 0.29) is 23.5 Å². The number of cyclic esters (lactones) is 1. The highest BCUT2D eigenvalue weighted by Gasteiger charge is 2.24. The Morgan fingerprint density at radius 3 is 2.42 bits per heavy atom. The molecule has 0 amide bonds. The smallest absolute Gasteiger partial charge is 0.342 e. The number of carbonyl (C=O) groups is 1. The minimum atomic E-state index is -0.671. The highest BCUT2D eigenvalue weighted by Crippen LogP contribution is 2.32. The summed E-state index contributed by atoms with van der Waals surface area (Å²) >= 11 is 0. The highest BCUT2D eigenvalue weighted by molar-refractivity contribution is 6.00. The first-order valence-electron chi connectivity index (χ1n) is 11.9. The molecule has 36 heavy (non-hydrogen) atoms. The van der Waals surface area contributed by atoms with E-state index in [1.807, 2.05) is 78.9 Å². The fourth-order valence-corrected chi connectivity index (χ4v) is 3.98. The lowest BCUT2D eigenvalue weighted by atomic mass is 9.99. The fraction of sp³-hybridized carbons (Fsp3) is 0.200. The molecule has 0 spiro atoms. The number of nitrogens with zero attached hydrogens (tertiary/aromatic N) is 1. The predicted molar refractivity (Wildman–Crippen MR) is 139 cm³/mol. The van der Waals surface area contributed by atoms with E-state index in [0.29, 0.717) is 24.3 Å². The van der Waals surface area contributed by atoms with E-state index < -0.39 is 12.1 Å². The summed E-state index contributed by atoms with van der Waals surface area (Å²) in [6.45, 7) is 0.292. The van der Waals surface area contributed by atoms with Gasteiger partial charge in [-0.1, -0.05) is 84.0 Å². The number of ether oxygens (including phenoxy) is 1. The average molecular weight is 484 g/mol. The van der Waals surface area contributed by atoms with Crippen molar-refractivity contribution in [2.45, 2.75) is 38.4 Å². The summed E-state index contributed by atoms with van der Waals surface area (Å²) < 4.78 is 5.88. The molecule has 1 heterocycles. The van der Waals surface area contributed by atoms with Gasteiger partial charge in [0.15, 0.2) is 0 Å². The van der Waals surface area contributed by atoms with Crippen molar-refractivity contribution in [2.75, 3.05) is 0 Å². The molecule has 0 unspecified atom stereocenters. The molecular weight excluding hydrogens is 454 g/mol. The molecule has 0 radical (unpaired) electrons. The Labute approximate surface area is 210 Å². The molecule has 0 saturated heterocycles. The van der Waals surface area contributed by atoms with Crippen molar-refractivity contribution in [2.24, 2.45) is 5.16 Å². The molecule has 184 valence electrons. The standard InChI is InChI=1S/C30H29NO5/c32-26-19-24-18-25(31-35-21-22-12-6-4-7-13-22)16-10-2-1-3-11-17-28(23-14-8-5-9-15-23)36-30(34)29(24)27(33)20-26/h3-16,19-20,28,32-33H,1-2,17-18,21H2/b11-3+,16-10+,31-25?/t28-/m0/s1. The van der Waals surface area contributed by atoms with Gasteiger partial charge < -0.3 is 19.8 Å². The Morgan fingerprint density at radius 1 is 0.917 bits per heavy atom. The van der Waals surface area contributed by atoms with Gasteiger partial charge in [-0.05, 0) is 41.7 Å². The zero-order valence-corrected chi connectivity index (χ0v) is 19.9. The Kier molecular flexibility index (Phi) is 8.54. The van der Waals surface area contributed by atoms with Crippen LogP contribution in [0.25, 0.3) is 0 Å². The molecule has 6 nitrogen and oxygen atoms in total. The quantitative estimate of drug-likeness (QED) is 0.254. The maximum absolute atomic E-state index is 13.3. The van der Waals surface area contributed by atoms with Gasteiger partial charge >= 0.3 is 5.97 Å². The first-order valence-corrected chi connectivity index (χ1v) is 11.9. The number of carbonyl (C=O) groups excluding carboxylic acids is 1. The van der Waals surface area contributed by atoms with Crippen LogP contribution >= 0.6 is 0 Å². The van der Waals surface area contributed by atoms with E-state index in [9.17, 15) is 15.0 Å². The third kappa shape index (κ3) is 6.85. The van der Waals surface area contributed by atoms with Crippen LogP contribution in [0.5, 0.6) is 11.5 Å². The summed E-state index contributed by atoms with van der Waals surface area (Å²) in [6, 6.07) is 21.8. The minimum Gasteiger partial charge on any atom is -0.508 e. The molecule has 0 bridgehead atoms. The summed E-state index contributed by atoms with van der Waals surface area (Å²) in [6.07, 6.45) is 9.66. The second-order valence-corrected chi connectivity index (χ2v) is 8.51. The minimum absolute atomic E-state index is 0.000991. The number of benzene rings is 3. The molecular formula is C30H29NO5. The topological polar surface area (TPSA) is 88.4 Å². The van der Waals surface area contributed by atoms with E-state index >= 15 is 0 Å². The van der Waals surface area contributed by atoms with E-state index in [1.165, 1.54) is 6.07 Å². The van der Waals surface area contributed by atoms with Crippen LogP contribution in [0.15, 0.2) is 102 Å². The largest absolute Gasteiger partial charge is 0.508 e. The number of allylic oxidation sites excluding steroid dienone is 3. The van der Waals surface area contributed by atoms with E-state index in [4.69, 9.17) is 9.57 Å². The van der Waals surface area contributed by atoms with Crippen LogP contribution in [0.2, 0.25) is 0 Å². The maximum Gasteiger partial charge on any atom is 0.342 e. The number of hydrogen-bond acceptors (Lipinski definition) is 6. The van der Waals surface area contributed by atoms with Gasteiger partial charge in [-0.15, -0.1) is 0 Å². The number of aromatic hydroxyl groups is 2. The first-order chi connectivity index (χ1) is 17.6. The Bertz CT molecular complexity index is 1250. The lowest BCUT2D eigenvalue weighted by molar-refractivity contribution is 0.0299. The first kappa shape index (κ1) is 24.8. The highest BCUT2D eigenvalue weighted by atomic mass is 16.6. The van der Waals surface area contributed by atoms with Crippen LogP contribution < -0.4 is 0 Å². The van der Waals surface area contributed by atoms with Crippen LogP contribution in [-0.4, -0.2) is 21.9 Å². The fourth-order valence-electron chi connectivity index (χ4n) is 3.98. The zero-order chi connectivity index (χ0) is 25.2. The van der Waals surface area contributed by atoms with Gasteiger partial charge in [-0.3, -0.25) is 0 Å². The molecule has 3 aromatic carbocycles. The number of phenols is 2. The maximum atomic E-state index is 13.3. The molecule has 1 aliphatic heterocycles. The lowest BCUT2D eigenvalue weighted by Crippen LogP contribution is -2.15. The van der Waals surface area contributed by atoms with Crippen LogP contribution in [0.1, 0.15) is 52.4 Å². The Hall–Kier alpha value is -4.32. The summed E-state index contributed by atoms with van der Waals surface area (Å²) in [5.41, 5.74) is 2.77. The average Bonchev–Trinajstić information content (AvgIpc) is 2.87. The summed E-state index contributed by atoms with van der Waals surface area (Å²) in [5, 5.41) is 25.1. The van der Waals surface area contributed by atoms with Gasteiger partial charge in [0.2, 0.25) is 0 Å². The second kappa shape index (κ2) is 12.4. The van der Waals surface area contributed by atoms with Crippen LogP contribution in [0.3, 0.4) is 0 Å². The number of oxime groups is 1. The van der Waals surface area contributed by atoms with E-state index in [0.717, 1.165) is 30.0 Å². The third-order valence-corrected chi connectivity index (χ3v) is 5.76. The van der Waals surface area contributed by atoms with Crippen LogP contribution in [0.4, 0.5) is 0 Å². The molecule has 0 aliphatic carbocycles. The second-order valence-electron chi connectivity index (χ2n) is 8.51. The predicted octanol–water partition coefficient (Wildman–Crippen LogP) is 6.41. The third-order valence-electron chi connectivity index (χ3n) is 5.76. The van der Waals surface area contributed by atoms with Gasteiger partial charge in [0.1, 0.15) is 29.8 Å². The van der Waals surface area contributed by atoms with E-state index in [1.54, 1.807) is 0 Å². The van der Waals surface area contributed by atoms with Gasteiger partial charge in [0.25, 0.3) is 0 Å². The van der Waals surface area contributed by atoms with E-state index in [2.05, 4.69) is 11.2 Å². The van der Waals surface area contributed by atoms with Crippen molar-refractivity contribution in [3.63, 3.8) is 0 Å². The van der Waals surface area contributed by atoms with Crippen molar-refractivity contribution in [3.8, 4) is 11.5 Å². The lowest BCUT2D eigenvalue weighted by Gasteiger charge is -2.19. The Morgan fingerprint density at radius 2 is 1.64 bits per heavy atom. The molecule has 3 aromatic rings. The van der Waals surface area contributed by atoms with Crippen molar-refractivity contribution >= 4 is 11.7 Å².